The van der Waals surface area contributed by atoms with Crippen LogP contribution in [0.25, 0.3) is 0 Å². The second kappa shape index (κ2) is 7.22. The van der Waals surface area contributed by atoms with Gasteiger partial charge in [-0.15, -0.1) is 6.42 Å². The Kier molecular flexibility index (Phi) is 6.24. The fraction of sp³-hybridized carbons (Fsp3) is 0.455. The van der Waals surface area contributed by atoms with Crippen molar-refractivity contribution < 1.29 is 14.5 Å². The predicted octanol–water partition coefficient (Wildman–Crippen LogP) is 2.05. The Morgan fingerprint density at radius 3 is 2.74 bits per heavy atom. The third-order valence-corrected chi connectivity index (χ3v) is 5.08. The highest BCUT2D eigenvalue weighted by Crippen LogP contribution is 2.52. The standard InChI is InChI=1S/C11H15N2O3PS2/c1-4-5-16-10-6-9(7-19-17(14,15)18)12-11(13-10)8(2)3/h1,6,8H,5,7H2,2-3H3,(H2,14,15,18). The van der Waals surface area contributed by atoms with Crippen molar-refractivity contribution in [1.29, 1.82) is 0 Å². The van der Waals surface area contributed by atoms with Crippen LogP contribution in [0.4, 0.5) is 0 Å². The first-order chi connectivity index (χ1) is 8.81. The largest absolute Gasteiger partial charge is 0.464 e. The molecule has 104 valence electrons. The smallest absolute Gasteiger partial charge is 0.242 e. The highest BCUT2D eigenvalue weighted by atomic mass is 32.9. The number of ether oxygens (including phenoxy) is 1. The summed E-state index contributed by atoms with van der Waals surface area (Å²) in [6.45, 7) is 4.04. The molecular weight excluding hydrogens is 303 g/mol. The van der Waals surface area contributed by atoms with Gasteiger partial charge in [0.15, 0.2) is 6.61 Å². The molecule has 0 fully saturated rings. The highest BCUT2D eigenvalue weighted by Gasteiger charge is 2.13. The van der Waals surface area contributed by atoms with Crippen LogP contribution in [0.15, 0.2) is 6.07 Å². The molecule has 0 aliphatic carbocycles. The molecule has 1 aromatic heterocycles. The van der Waals surface area contributed by atoms with Crippen molar-refractivity contribution in [2.24, 2.45) is 0 Å². The number of aromatic nitrogens is 2. The van der Waals surface area contributed by atoms with Crippen LogP contribution >= 0.6 is 17.1 Å². The van der Waals surface area contributed by atoms with Gasteiger partial charge in [0.2, 0.25) is 11.6 Å². The Hall–Kier alpha value is -0.640. The summed E-state index contributed by atoms with van der Waals surface area (Å²) in [6, 6.07) is 1.63. The molecule has 2 N–H and O–H groups in total. The van der Waals surface area contributed by atoms with Crippen LogP contribution in [-0.4, -0.2) is 26.4 Å². The van der Waals surface area contributed by atoms with E-state index < -0.39 is 5.69 Å². The summed E-state index contributed by atoms with van der Waals surface area (Å²) in [5.74, 6) is 3.79. The minimum absolute atomic E-state index is 0.124. The normalized spacial score (nSPS) is 11.4. The van der Waals surface area contributed by atoms with Gasteiger partial charge in [-0.05, 0) is 11.8 Å². The fourth-order valence-electron chi connectivity index (χ4n) is 1.16. The molecule has 0 bridgehead atoms. The van der Waals surface area contributed by atoms with Crippen molar-refractivity contribution in [2.75, 3.05) is 6.61 Å². The van der Waals surface area contributed by atoms with Crippen molar-refractivity contribution in [2.45, 2.75) is 25.5 Å². The maximum absolute atomic E-state index is 9.21. The fourth-order valence-corrected chi connectivity index (χ4v) is 2.99. The van der Waals surface area contributed by atoms with E-state index in [9.17, 15) is 9.79 Å². The number of terminal acetylenes is 1. The van der Waals surface area contributed by atoms with Gasteiger partial charge in [0.1, 0.15) is 5.82 Å². The van der Waals surface area contributed by atoms with Gasteiger partial charge in [-0.1, -0.05) is 31.1 Å². The molecule has 8 heteroatoms. The first-order valence-corrected chi connectivity index (χ1v) is 9.76. The van der Waals surface area contributed by atoms with Crippen LogP contribution in [-0.2, 0) is 17.6 Å². The van der Waals surface area contributed by atoms with Crippen LogP contribution in [0.2, 0.25) is 0 Å². The van der Waals surface area contributed by atoms with Gasteiger partial charge in [-0.2, -0.15) is 4.98 Å². The molecule has 0 saturated carbocycles. The van der Waals surface area contributed by atoms with Gasteiger partial charge in [-0.25, -0.2) is 4.98 Å². The minimum atomic E-state index is -3.29. The van der Waals surface area contributed by atoms with E-state index in [1.54, 1.807) is 6.07 Å². The second-order valence-electron chi connectivity index (χ2n) is 3.97. The first kappa shape index (κ1) is 16.4. The van der Waals surface area contributed by atoms with Gasteiger partial charge < -0.3 is 14.5 Å². The van der Waals surface area contributed by atoms with E-state index in [4.69, 9.17) is 11.2 Å². The molecule has 0 saturated heterocycles. The van der Waals surface area contributed by atoms with Gasteiger partial charge in [0.05, 0.1) is 5.69 Å². The van der Waals surface area contributed by atoms with Crippen LogP contribution in [0.1, 0.15) is 31.3 Å². The SMILES string of the molecule is C#CCOc1cc(CSP(O)(O)=S)nc(C(C)C)n1. The Morgan fingerprint density at radius 2 is 2.21 bits per heavy atom. The molecule has 0 aliphatic rings. The third kappa shape index (κ3) is 6.37. The van der Waals surface area contributed by atoms with Crippen LogP contribution in [0.3, 0.4) is 0 Å². The molecule has 1 aromatic rings. The van der Waals surface area contributed by atoms with Crippen LogP contribution < -0.4 is 4.74 Å². The quantitative estimate of drug-likeness (QED) is 0.614. The van der Waals surface area contributed by atoms with E-state index in [2.05, 4.69) is 27.7 Å². The maximum atomic E-state index is 9.21. The Bertz CT molecular complexity index is 525. The molecule has 0 amide bonds. The zero-order valence-corrected chi connectivity index (χ0v) is 13.1. The molecule has 19 heavy (non-hydrogen) atoms. The van der Waals surface area contributed by atoms with E-state index in [0.29, 0.717) is 23.2 Å². The summed E-state index contributed by atoms with van der Waals surface area (Å²) in [6.07, 6.45) is 5.13. The predicted molar refractivity (Wildman–Crippen MR) is 80.5 cm³/mol. The summed E-state index contributed by atoms with van der Waals surface area (Å²) in [7, 11) is 0. The van der Waals surface area contributed by atoms with Gasteiger partial charge >= 0.3 is 0 Å². The average Bonchev–Trinajstić information content (AvgIpc) is 2.32. The van der Waals surface area contributed by atoms with Crippen LogP contribution in [0.5, 0.6) is 5.88 Å². The van der Waals surface area contributed by atoms with Crippen LogP contribution in [0, 0.1) is 12.3 Å². The maximum Gasteiger partial charge on any atom is 0.242 e. The number of hydrogen-bond acceptors (Lipinski definition) is 5. The van der Waals surface area contributed by atoms with Crippen molar-refractivity contribution >= 4 is 28.9 Å². The molecule has 0 unspecified atom stereocenters. The molecule has 0 aliphatic heterocycles. The van der Waals surface area contributed by atoms with Gasteiger partial charge in [0, 0.05) is 17.7 Å². The minimum Gasteiger partial charge on any atom is -0.464 e. The van der Waals surface area contributed by atoms with Crippen molar-refractivity contribution in [1.82, 2.24) is 9.97 Å². The lowest BCUT2D eigenvalue weighted by Crippen LogP contribution is -2.05. The number of nitrogens with zero attached hydrogens (tertiary/aromatic N) is 2. The molecule has 0 spiro atoms. The van der Waals surface area contributed by atoms with Crippen molar-refractivity contribution in [3.05, 3.63) is 17.6 Å². The summed E-state index contributed by atoms with van der Waals surface area (Å²) in [4.78, 5) is 27.0. The van der Waals surface area contributed by atoms with Gasteiger partial charge in [0.25, 0.3) is 0 Å². The molecule has 0 aromatic carbocycles. The van der Waals surface area contributed by atoms with E-state index >= 15 is 0 Å². The summed E-state index contributed by atoms with van der Waals surface area (Å²) in [5.41, 5.74) is -2.66. The summed E-state index contributed by atoms with van der Waals surface area (Å²) < 4.78 is 5.28. The topological polar surface area (TPSA) is 75.5 Å². The zero-order chi connectivity index (χ0) is 14.5. The van der Waals surface area contributed by atoms with E-state index in [1.807, 2.05) is 13.8 Å². The van der Waals surface area contributed by atoms with E-state index in [1.165, 1.54) is 0 Å². The van der Waals surface area contributed by atoms with E-state index in [0.717, 1.165) is 11.4 Å². The molecule has 1 rings (SSSR count). The third-order valence-electron chi connectivity index (χ3n) is 1.97. The lowest BCUT2D eigenvalue weighted by atomic mass is 10.2. The molecule has 0 atom stereocenters. The average molecular weight is 318 g/mol. The molecule has 5 nitrogen and oxygen atoms in total. The lowest BCUT2D eigenvalue weighted by Gasteiger charge is -2.11. The number of hydrogen-bond donors (Lipinski definition) is 2. The summed E-state index contributed by atoms with van der Waals surface area (Å²) in [5, 5.41) is 0. The monoisotopic (exact) mass is 318 g/mol. The first-order valence-electron chi connectivity index (χ1n) is 5.46. The Morgan fingerprint density at radius 1 is 1.53 bits per heavy atom. The number of rotatable bonds is 6. The second-order valence-corrected chi connectivity index (χ2v) is 10.0. The zero-order valence-electron chi connectivity index (χ0n) is 10.6. The highest BCUT2D eigenvalue weighted by molar-refractivity contribution is 8.67. The Balaban J connectivity index is 2.93. The molecule has 0 radical (unpaired) electrons. The molecule has 1 heterocycles. The molecular formula is C11H15N2O3PS2. The van der Waals surface area contributed by atoms with Crippen molar-refractivity contribution in [3.63, 3.8) is 0 Å². The summed E-state index contributed by atoms with van der Waals surface area (Å²) >= 11 is 5.45. The van der Waals surface area contributed by atoms with Crippen molar-refractivity contribution in [3.8, 4) is 18.2 Å². The Labute approximate surface area is 121 Å². The van der Waals surface area contributed by atoms with Gasteiger partial charge in [-0.3, -0.25) is 0 Å². The lowest BCUT2D eigenvalue weighted by molar-refractivity contribution is 0.352. The van der Waals surface area contributed by atoms with E-state index in [-0.39, 0.29) is 12.5 Å².